The van der Waals surface area contributed by atoms with E-state index in [0.29, 0.717) is 23.1 Å². The van der Waals surface area contributed by atoms with E-state index in [1.807, 2.05) is 97.1 Å². The number of aromatic nitrogens is 5. The lowest BCUT2D eigenvalue weighted by Gasteiger charge is -2.12. The van der Waals surface area contributed by atoms with Gasteiger partial charge in [0.25, 0.3) is 5.56 Å². The van der Waals surface area contributed by atoms with E-state index in [1.165, 1.54) is 4.68 Å². The van der Waals surface area contributed by atoms with Gasteiger partial charge < -0.3 is 0 Å². The van der Waals surface area contributed by atoms with Crippen molar-refractivity contribution in [2.24, 2.45) is 0 Å². The molecule has 6 rings (SSSR count). The maximum absolute atomic E-state index is 13.4. The fourth-order valence-corrected chi connectivity index (χ4v) is 4.11. The van der Waals surface area contributed by atoms with Crippen molar-refractivity contribution in [3.63, 3.8) is 0 Å². The molecule has 0 fully saturated rings. The predicted molar refractivity (Wildman–Crippen MR) is 129 cm³/mol. The van der Waals surface area contributed by atoms with Crippen LogP contribution in [0.2, 0.25) is 0 Å². The van der Waals surface area contributed by atoms with Crippen LogP contribution >= 0.6 is 0 Å². The second-order valence-electron chi connectivity index (χ2n) is 7.86. The lowest BCUT2D eigenvalue weighted by Crippen LogP contribution is -2.25. The van der Waals surface area contributed by atoms with Gasteiger partial charge in [-0.2, -0.15) is 10.2 Å². The van der Waals surface area contributed by atoms with Crippen LogP contribution in [0.4, 0.5) is 0 Å². The molecule has 33 heavy (non-hydrogen) atoms. The van der Waals surface area contributed by atoms with Crippen LogP contribution in [0.25, 0.3) is 38.9 Å². The lowest BCUT2D eigenvalue weighted by atomic mass is 10.1. The Morgan fingerprint density at radius 1 is 0.727 bits per heavy atom. The second-order valence-corrected chi connectivity index (χ2v) is 7.86. The molecule has 0 unspecified atom stereocenters. The summed E-state index contributed by atoms with van der Waals surface area (Å²) in [4.78, 5) is 18.0. The Balaban J connectivity index is 1.65. The Labute approximate surface area is 189 Å². The molecular weight excluding hydrogens is 410 g/mol. The van der Waals surface area contributed by atoms with Crippen LogP contribution in [0, 0.1) is 0 Å². The summed E-state index contributed by atoms with van der Waals surface area (Å²) in [7, 11) is 0. The van der Waals surface area contributed by atoms with E-state index in [2.05, 4.69) is 4.98 Å². The minimum atomic E-state index is -0.224. The maximum Gasteiger partial charge on any atom is 0.293 e. The van der Waals surface area contributed by atoms with Gasteiger partial charge in [0.15, 0.2) is 0 Å². The first-order chi connectivity index (χ1) is 16.3. The van der Waals surface area contributed by atoms with Gasteiger partial charge in [-0.1, -0.05) is 91.0 Å². The summed E-state index contributed by atoms with van der Waals surface area (Å²) in [6.45, 7) is 0.372. The average Bonchev–Trinajstić information content (AvgIpc) is 3.32. The summed E-state index contributed by atoms with van der Waals surface area (Å²) in [6.07, 6.45) is 1.60. The van der Waals surface area contributed by atoms with E-state index in [0.717, 1.165) is 27.9 Å². The summed E-state index contributed by atoms with van der Waals surface area (Å²) in [6, 6.07) is 31.7. The molecule has 6 nitrogen and oxygen atoms in total. The van der Waals surface area contributed by atoms with Crippen LogP contribution in [0.5, 0.6) is 0 Å². The molecule has 0 aliphatic heterocycles. The Morgan fingerprint density at radius 3 is 2.06 bits per heavy atom. The van der Waals surface area contributed by atoms with E-state index in [4.69, 9.17) is 10.2 Å². The summed E-state index contributed by atoms with van der Waals surface area (Å²) in [5.41, 5.74) is 5.40. The topological polar surface area (TPSA) is 65.1 Å². The first-order valence-corrected chi connectivity index (χ1v) is 10.7. The van der Waals surface area contributed by atoms with E-state index >= 15 is 0 Å². The fourth-order valence-electron chi connectivity index (χ4n) is 4.11. The molecule has 0 saturated carbocycles. The van der Waals surface area contributed by atoms with Gasteiger partial charge in [0.05, 0.1) is 23.1 Å². The van der Waals surface area contributed by atoms with E-state index in [-0.39, 0.29) is 5.56 Å². The number of hydrogen-bond donors (Lipinski definition) is 0. The molecule has 0 spiro atoms. The second kappa shape index (κ2) is 7.84. The Bertz CT molecular complexity index is 1640. The van der Waals surface area contributed by atoms with Crippen LogP contribution in [-0.2, 0) is 6.54 Å². The summed E-state index contributed by atoms with van der Waals surface area (Å²) < 4.78 is 3.22. The van der Waals surface area contributed by atoms with Crippen molar-refractivity contribution in [3.05, 3.63) is 119 Å². The van der Waals surface area contributed by atoms with Gasteiger partial charge in [-0.25, -0.2) is 14.2 Å². The highest BCUT2D eigenvalue weighted by Crippen LogP contribution is 2.29. The standard InChI is InChI=1S/C27H19N5O/c33-27-26-24(23-16-22(29-32(23)18-28-26)20-12-6-2-7-13-20)25(21-14-8-3-9-15-21)30-31(27)17-19-10-4-1-5-11-19/h1-16,18H,17H2. The van der Waals surface area contributed by atoms with Gasteiger partial charge in [0, 0.05) is 11.1 Å². The minimum Gasteiger partial charge on any atom is -0.265 e. The number of fused-ring (bicyclic) bond motifs is 3. The number of benzene rings is 3. The molecule has 3 heterocycles. The van der Waals surface area contributed by atoms with E-state index < -0.39 is 0 Å². The quantitative estimate of drug-likeness (QED) is 0.403. The molecule has 6 aromatic rings. The molecule has 6 heteroatoms. The van der Waals surface area contributed by atoms with Crippen molar-refractivity contribution in [2.75, 3.05) is 0 Å². The summed E-state index contributed by atoms with van der Waals surface area (Å²) in [5, 5.41) is 10.2. The molecule has 0 N–H and O–H groups in total. The minimum absolute atomic E-state index is 0.224. The smallest absolute Gasteiger partial charge is 0.265 e. The van der Waals surface area contributed by atoms with Crippen LogP contribution in [0.1, 0.15) is 5.56 Å². The number of rotatable bonds is 4. The molecular formula is C27H19N5O. The van der Waals surface area contributed by atoms with Crippen molar-refractivity contribution in [1.29, 1.82) is 0 Å². The molecule has 0 radical (unpaired) electrons. The average molecular weight is 429 g/mol. The molecule has 0 aliphatic rings. The zero-order chi connectivity index (χ0) is 22.2. The third-order valence-electron chi connectivity index (χ3n) is 5.71. The van der Waals surface area contributed by atoms with Gasteiger partial charge in [-0.3, -0.25) is 4.79 Å². The normalized spacial score (nSPS) is 11.3. The van der Waals surface area contributed by atoms with Crippen molar-refractivity contribution >= 4 is 16.4 Å². The van der Waals surface area contributed by atoms with E-state index in [9.17, 15) is 4.79 Å². The van der Waals surface area contributed by atoms with Crippen LogP contribution < -0.4 is 5.56 Å². The number of nitrogens with zero attached hydrogens (tertiary/aromatic N) is 5. The van der Waals surface area contributed by atoms with Crippen LogP contribution in [0.15, 0.2) is 108 Å². The largest absolute Gasteiger partial charge is 0.293 e. The Morgan fingerprint density at radius 2 is 1.36 bits per heavy atom. The Kier molecular flexibility index (Phi) is 4.54. The molecule has 0 aliphatic carbocycles. The molecule has 3 aromatic heterocycles. The van der Waals surface area contributed by atoms with Gasteiger partial charge in [-0.05, 0) is 11.6 Å². The van der Waals surface area contributed by atoms with Crippen molar-refractivity contribution < 1.29 is 0 Å². The molecule has 158 valence electrons. The zero-order valence-electron chi connectivity index (χ0n) is 17.7. The highest BCUT2D eigenvalue weighted by molar-refractivity contribution is 6.03. The summed E-state index contributed by atoms with van der Waals surface area (Å²) in [5.74, 6) is 0. The van der Waals surface area contributed by atoms with Crippen molar-refractivity contribution in [1.82, 2.24) is 24.4 Å². The van der Waals surface area contributed by atoms with Gasteiger partial charge in [0.2, 0.25) is 0 Å². The highest BCUT2D eigenvalue weighted by Gasteiger charge is 2.18. The van der Waals surface area contributed by atoms with Crippen LogP contribution in [0.3, 0.4) is 0 Å². The van der Waals surface area contributed by atoms with Crippen LogP contribution in [-0.4, -0.2) is 24.4 Å². The molecule has 0 amide bonds. The first-order valence-electron chi connectivity index (χ1n) is 10.7. The lowest BCUT2D eigenvalue weighted by molar-refractivity contribution is 0.649. The maximum atomic E-state index is 13.4. The highest BCUT2D eigenvalue weighted by atomic mass is 16.1. The zero-order valence-corrected chi connectivity index (χ0v) is 17.7. The molecule has 0 bridgehead atoms. The third-order valence-corrected chi connectivity index (χ3v) is 5.71. The van der Waals surface area contributed by atoms with Gasteiger partial charge >= 0.3 is 0 Å². The van der Waals surface area contributed by atoms with Crippen molar-refractivity contribution in [2.45, 2.75) is 6.54 Å². The Hall–Kier alpha value is -4.58. The van der Waals surface area contributed by atoms with E-state index in [1.54, 1.807) is 10.8 Å². The third kappa shape index (κ3) is 3.38. The first kappa shape index (κ1) is 19.1. The SMILES string of the molecule is O=c1c2ncn3nc(-c4ccccc4)cc3c2c(-c2ccccc2)nn1Cc1ccccc1. The molecule has 0 atom stereocenters. The van der Waals surface area contributed by atoms with Crippen molar-refractivity contribution in [3.8, 4) is 22.5 Å². The number of hydrogen-bond acceptors (Lipinski definition) is 4. The fraction of sp³-hybridized carbons (Fsp3) is 0.0370. The monoisotopic (exact) mass is 429 g/mol. The van der Waals surface area contributed by atoms with Gasteiger partial charge in [-0.15, -0.1) is 0 Å². The summed E-state index contributed by atoms with van der Waals surface area (Å²) >= 11 is 0. The van der Waals surface area contributed by atoms with Gasteiger partial charge in [0.1, 0.15) is 17.5 Å². The molecule has 0 saturated heterocycles. The predicted octanol–water partition coefficient (Wildman–Crippen LogP) is 4.82. The molecule has 3 aromatic carbocycles.